The summed E-state index contributed by atoms with van der Waals surface area (Å²) < 4.78 is 33.5. The zero-order chi connectivity index (χ0) is 28.1. The van der Waals surface area contributed by atoms with Crippen molar-refractivity contribution in [3.05, 3.63) is 131 Å². The lowest BCUT2D eigenvalue weighted by molar-refractivity contribution is -0.132. The highest BCUT2D eigenvalue weighted by molar-refractivity contribution is 6.00. The molecule has 1 aliphatic rings. The first-order valence-corrected chi connectivity index (χ1v) is 12.6. The first-order chi connectivity index (χ1) is 19.4. The van der Waals surface area contributed by atoms with E-state index in [0.29, 0.717) is 28.6 Å². The first kappa shape index (κ1) is 26.6. The number of fused-ring (bicyclic) bond motifs is 1. The van der Waals surface area contributed by atoms with Gasteiger partial charge in [0.05, 0.1) is 12.1 Å². The van der Waals surface area contributed by atoms with Gasteiger partial charge in [-0.1, -0.05) is 72.8 Å². The molecular weight excluding hydrogens is 516 g/mol. The van der Waals surface area contributed by atoms with Gasteiger partial charge in [-0.2, -0.15) is 0 Å². The summed E-state index contributed by atoms with van der Waals surface area (Å²) in [7, 11) is 0. The van der Waals surface area contributed by atoms with Crippen molar-refractivity contribution >= 4 is 23.4 Å². The topological polar surface area (TPSA) is 96.5 Å². The zero-order valence-corrected chi connectivity index (χ0v) is 21.1. The van der Waals surface area contributed by atoms with Crippen molar-refractivity contribution < 1.29 is 27.9 Å². The van der Waals surface area contributed by atoms with Crippen LogP contribution in [-0.4, -0.2) is 23.8 Å². The number of amides is 3. The molecule has 0 spiro atoms. The van der Waals surface area contributed by atoms with E-state index in [1.165, 1.54) is 0 Å². The highest BCUT2D eigenvalue weighted by Gasteiger charge is 2.38. The maximum absolute atomic E-state index is 13.7. The van der Waals surface area contributed by atoms with Crippen LogP contribution in [0.4, 0.5) is 14.5 Å². The van der Waals surface area contributed by atoms with Crippen LogP contribution in [0.5, 0.6) is 5.75 Å². The van der Waals surface area contributed by atoms with Gasteiger partial charge in [-0.25, -0.2) is 8.78 Å². The smallest absolute Gasteiger partial charge is 0.251 e. The Morgan fingerprint density at radius 3 is 2.17 bits per heavy atom. The summed E-state index contributed by atoms with van der Waals surface area (Å²) in [4.78, 5) is 40.1. The van der Waals surface area contributed by atoms with Gasteiger partial charge < -0.3 is 20.7 Å². The molecule has 0 aliphatic carbocycles. The Labute approximate surface area is 229 Å². The molecule has 0 aromatic heterocycles. The molecule has 0 unspecified atom stereocenters. The van der Waals surface area contributed by atoms with Crippen LogP contribution in [-0.2, 0) is 20.8 Å². The van der Waals surface area contributed by atoms with Crippen molar-refractivity contribution in [2.24, 2.45) is 0 Å². The molecule has 7 nitrogen and oxygen atoms in total. The molecule has 5 rings (SSSR count). The fourth-order valence-electron chi connectivity index (χ4n) is 4.56. The predicted octanol–water partition coefficient (Wildman–Crippen LogP) is 4.62. The van der Waals surface area contributed by atoms with E-state index in [4.69, 9.17) is 4.74 Å². The zero-order valence-electron chi connectivity index (χ0n) is 21.1. The molecule has 1 aliphatic heterocycles. The van der Waals surface area contributed by atoms with Crippen LogP contribution >= 0.6 is 0 Å². The molecule has 9 heteroatoms. The average molecular weight is 542 g/mol. The second-order valence-corrected chi connectivity index (χ2v) is 9.29. The number of hydrogen-bond acceptors (Lipinski definition) is 4. The molecule has 0 bridgehead atoms. The van der Waals surface area contributed by atoms with Gasteiger partial charge in [-0.3, -0.25) is 14.4 Å². The van der Waals surface area contributed by atoms with E-state index in [9.17, 15) is 23.2 Å². The molecule has 4 aromatic rings. The lowest BCUT2D eigenvalue weighted by Crippen LogP contribution is -2.51. The largest absolute Gasteiger partial charge is 0.481 e. The Morgan fingerprint density at radius 2 is 1.48 bits per heavy atom. The number of benzene rings is 4. The Morgan fingerprint density at radius 1 is 0.850 bits per heavy atom. The SMILES string of the molecule is O=C(Cc1cc(F)cc(F)c1)N[C@H](C(=O)N[C@@H]1C(=O)Nc2ccccc2O[C@@H]1c1ccccc1)c1ccccc1. The molecule has 3 N–H and O–H groups in total. The number of hydrogen-bond donors (Lipinski definition) is 3. The van der Waals surface area contributed by atoms with Crippen molar-refractivity contribution in [2.45, 2.75) is 24.6 Å². The average Bonchev–Trinajstić information content (AvgIpc) is 3.08. The summed E-state index contributed by atoms with van der Waals surface area (Å²) in [5.74, 6) is -2.99. The Balaban J connectivity index is 1.42. The lowest BCUT2D eigenvalue weighted by atomic mass is 9.99. The van der Waals surface area contributed by atoms with E-state index < -0.39 is 47.5 Å². The Kier molecular flexibility index (Phi) is 7.82. The molecular formula is C31H25F2N3O4. The van der Waals surface area contributed by atoms with Crippen molar-refractivity contribution in [1.29, 1.82) is 0 Å². The molecule has 40 heavy (non-hydrogen) atoms. The summed E-state index contributed by atoms with van der Waals surface area (Å²) >= 11 is 0. The summed E-state index contributed by atoms with van der Waals surface area (Å²) in [6.45, 7) is 0. The molecule has 3 atom stereocenters. The summed E-state index contributed by atoms with van der Waals surface area (Å²) in [5, 5.41) is 8.21. The van der Waals surface area contributed by atoms with Crippen molar-refractivity contribution in [3.63, 3.8) is 0 Å². The second-order valence-electron chi connectivity index (χ2n) is 9.29. The van der Waals surface area contributed by atoms with Crippen LogP contribution in [0.2, 0.25) is 0 Å². The summed E-state index contributed by atoms with van der Waals surface area (Å²) in [6.07, 6.45) is -1.24. The molecule has 4 aromatic carbocycles. The monoisotopic (exact) mass is 541 g/mol. The molecule has 0 saturated carbocycles. The highest BCUT2D eigenvalue weighted by atomic mass is 19.1. The van der Waals surface area contributed by atoms with Gasteiger partial charge in [-0.15, -0.1) is 0 Å². The quantitative estimate of drug-likeness (QED) is 0.318. The van der Waals surface area contributed by atoms with Gasteiger partial charge in [0.25, 0.3) is 5.91 Å². The van der Waals surface area contributed by atoms with Crippen LogP contribution in [0.25, 0.3) is 0 Å². The van der Waals surface area contributed by atoms with E-state index >= 15 is 0 Å². The van der Waals surface area contributed by atoms with Crippen LogP contribution in [0.15, 0.2) is 103 Å². The van der Waals surface area contributed by atoms with Crippen molar-refractivity contribution in [2.75, 3.05) is 5.32 Å². The third-order valence-corrected chi connectivity index (χ3v) is 6.40. The van der Waals surface area contributed by atoms with E-state index in [1.54, 1.807) is 78.9 Å². The molecule has 0 fully saturated rings. The van der Waals surface area contributed by atoms with Crippen LogP contribution in [0, 0.1) is 11.6 Å². The number of carbonyl (C=O) groups is 3. The number of anilines is 1. The minimum absolute atomic E-state index is 0.112. The maximum atomic E-state index is 13.7. The highest BCUT2D eigenvalue weighted by Crippen LogP contribution is 2.34. The standard InChI is InChI=1S/C31H25F2N3O4/c32-22-15-19(16-23(33)18-22)17-26(37)35-27(20-9-3-1-4-10-20)30(38)36-28-29(21-11-5-2-6-12-21)40-25-14-8-7-13-24(25)34-31(28)39/h1-16,18,27-29H,17H2,(H,34,39)(H,35,37)(H,36,38)/t27-,28-,29+/m0/s1. The molecule has 1 heterocycles. The fourth-order valence-corrected chi connectivity index (χ4v) is 4.56. The lowest BCUT2D eigenvalue weighted by Gasteiger charge is -2.27. The van der Waals surface area contributed by atoms with Gasteiger partial charge in [0.1, 0.15) is 29.5 Å². The number of carbonyl (C=O) groups excluding carboxylic acids is 3. The molecule has 0 radical (unpaired) electrons. The number of nitrogens with one attached hydrogen (secondary N) is 3. The van der Waals surface area contributed by atoms with Gasteiger partial charge in [0.2, 0.25) is 11.8 Å². The number of halogens is 2. The third kappa shape index (κ3) is 6.15. The van der Waals surface area contributed by atoms with Crippen molar-refractivity contribution in [1.82, 2.24) is 10.6 Å². The minimum atomic E-state index is -1.21. The Bertz CT molecular complexity index is 1510. The second kappa shape index (κ2) is 11.8. The molecule has 0 saturated heterocycles. The summed E-state index contributed by atoms with van der Waals surface area (Å²) in [5.41, 5.74) is 1.68. The normalized spacial score (nSPS) is 16.9. The number of rotatable bonds is 7. The van der Waals surface area contributed by atoms with E-state index in [2.05, 4.69) is 16.0 Å². The third-order valence-electron chi connectivity index (χ3n) is 6.40. The predicted molar refractivity (Wildman–Crippen MR) is 144 cm³/mol. The van der Waals surface area contributed by atoms with E-state index in [1.807, 2.05) is 6.07 Å². The Hall–Kier alpha value is -5.05. The van der Waals surface area contributed by atoms with Gasteiger partial charge in [0, 0.05) is 6.07 Å². The number of para-hydroxylation sites is 2. The first-order valence-electron chi connectivity index (χ1n) is 12.6. The van der Waals surface area contributed by atoms with Gasteiger partial charge in [-0.05, 0) is 41.0 Å². The van der Waals surface area contributed by atoms with Crippen molar-refractivity contribution in [3.8, 4) is 5.75 Å². The summed E-state index contributed by atoms with van der Waals surface area (Å²) in [6, 6.07) is 24.9. The van der Waals surface area contributed by atoms with Crippen LogP contribution < -0.4 is 20.7 Å². The molecule has 202 valence electrons. The minimum Gasteiger partial charge on any atom is -0.481 e. The van der Waals surface area contributed by atoms with E-state index in [0.717, 1.165) is 12.1 Å². The molecule has 3 amide bonds. The fraction of sp³-hybridized carbons (Fsp3) is 0.129. The van der Waals surface area contributed by atoms with Crippen LogP contribution in [0.3, 0.4) is 0 Å². The van der Waals surface area contributed by atoms with E-state index in [-0.39, 0.29) is 12.0 Å². The maximum Gasteiger partial charge on any atom is 0.251 e. The number of ether oxygens (including phenoxy) is 1. The van der Waals surface area contributed by atoms with Crippen LogP contribution in [0.1, 0.15) is 28.8 Å². The van der Waals surface area contributed by atoms with Gasteiger partial charge in [0.15, 0.2) is 6.10 Å². The van der Waals surface area contributed by atoms with Gasteiger partial charge >= 0.3 is 0 Å².